The van der Waals surface area contributed by atoms with Gasteiger partial charge in [-0.1, -0.05) is 64.5 Å². The number of ether oxygens (including phenoxy) is 10. The lowest BCUT2D eigenvalue weighted by atomic mass is 9.71. The summed E-state index contributed by atoms with van der Waals surface area (Å²) in [5.74, 6) is -8.44. The first-order valence-corrected chi connectivity index (χ1v) is 23.3. The number of aliphatic hydroxyl groups excluding tert-OH is 2. The van der Waals surface area contributed by atoms with E-state index in [1.165, 1.54) is 13.0 Å². The molecule has 0 aromatic carbocycles. The van der Waals surface area contributed by atoms with E-state index >= 15 is 8.78 Å². The van der Waals surface area contributed by atoms with E-state index in [0.29, 0.717) is 30.4 Å². The average Bonchev–Trinajstić information content (AvgIpc) is 3.58. The largest absolute Gasteiger partial charge is 0.462 e. The molecule has 7 rings (SSSR count). The predicted molar refractivity (Wildman–Crippen MR) is 228 cm³/mol. The van der Waals surface area contributed by atoms with E-state index in [9.17, 15) is 20.1 Å². The number of aliphatic hydroxyl groups is 3. The van der Waals surface area contributed by atoms with E-state index in [2.05, 4.69) is 0 Å². The van der Waals surface area contributed by atoms with E-state index in [4.69, 9.17) is 47.4 Å². The summed E-state index contributed by atoms with van der Waals surface area (Å²) in [5, 5.41) is 34.2. The van der Waals surface area contributed by atoms with E-state index in [1.54, 1.807) is 40.2 Å². The van der Waals surface area contributed by atoms with Crippen molar-refractivity contribution in [2.45, 2.75) is 203 Å². The Labute approximate surface area is 376 Å². The highest BCUT2D eigenvalue weighted by Crippen LogP contribution is 2.52. The minimum absolute atomic E-state index is 0.0474. The maximum atomic E-state index is 16.1. The van der Waals surface area contributed by atoms with Gasteiger partial charge in [0.05, 0.1) is 55.8 Å². The van der Waals surface area contributed by atoms with E-state index in [1.807, 2.05) is 46.8 Å². The van der Waals surface area contributed by atoms with Crippen molar-refractivity contribution in [1.29, 1.82) is 0 Å². The third-order valence-electron chi connectivity index (χ3n) is 15.1. The molecule has 16 heteroatoms. The number of allylic oxidation sites excluding steroid dienone is 2. The van der Waals surface area contributed by atoms with Gasteiger partial charge in [-0.25, -0.2) is 8.78 Å². The van der Waals surface area contributed by atoms with Crippen LogP contribution in [-0.2, 0) is 52.2 Å². The fourth-order valence-corrected chi connectivity index (χ4v) is 11.0. The van der Waals surface area contributed by atoms with Crippen LogP contribution in [0.25, 0.3) is 0 Å². The van der Waals surface area contributed by atoms with Crippen LogP contribution in [0.15, 0.2) is 47.1 Å². The van der Waals surface area contributed by atoms with Gasteiger partial charge in [0.25, 0.3) is 5.92 Å². The summed E-state index contributed by atoms with van der Waals surface area (Å²) in [6.45, 7) is 14.5. The second-order valence-electron chi connectivity index (χ2n) is 19.6. The van der Waals surface area contributed by atoms with Crippen molar-refractivity contribution in [3.05, 3.63) is 47.1 Å². The molecule has 0 saturated carbocycles. The van der Waals surface area contributed by atoms with Crippen molar-refractivity contribution in [2.75, 3.05) is 20.8 Å². The van der Waals surface area contributed by atoms with Gasteiger partial charge in [-0.3, -0.25) is 4.79 Å². The van der Waals surface area contributed by atoms with Crippen molar-refractivity contribution in [3.8, 4) is 0 Å². The second kappa shape index (κ2) is 19.8. The fourth-order valence-electron chi connectivity index (χ4n) is 11.0. The molecule has 20 atom stereocenters. The molecule has 7 aliphatic rings. The average molecular weight is 911 g/mol. The van der Waals surface area contributed by atoms with Gasteiger partial charge in [0.15, 0.2) is 18.4 Å². The molecule has 2 bridgehead atoms. The van der Waals surface area contributed by atoms with Crippen LogP contribution in [0.4, 0.5) is 8.78 Å². The number of halogens is 2. The van der Waals surface area contributed by atoms with E-state index in [0.717, 1.165) is 5.57 Å². The van der Waals surface area contributed by atoms with Crippen LogP contribution >= 0.6 is 0 Å². The zero-order valence-corrected chi connectivity index (χ0v) is 39.0. The normalized spacial score (nSPS) is 49.1. The monoisotopic (exact) mass is 910 g/mol. The molecule has 1 aliphatic carbocycles. The van der Waals surface area contributed by atoms with Gasteiger partial charge in [-0.05, 0) is 56.8 Å². The van der Waals surface area contributed by atoms with Crippen LogP contribution in [0, 0.1) is 23.7 Å². The summed E-state index contributed by atoms with van der Waals surface area (Å²) >= 11 is 0. The lowest BCUT2D eigenvalue weighted by Crippen LogP contribution is -2.61. The van der Waals surface area contributed by atoms with Crippen molar-refractivity contribution in [1.82, 2.24) is 0 Å². The third kappa shape index (κ3) is 9.86. The van der Waals surface area contributed by atoms with Crippen molar-refractivity contribution < 1.29 is 76.3 Å². The number of rotatable bonds is 8. The van der Waals surface area contributed by atoms with Gasteiger partial charge in [-0.15, -0.1) is 0 Å². The molecule has 6 aliphatic heterocycles. The molecule has 1 unspecified atom stereocenters. The highest BCUT2D eigenvalue weighted by molar-refractivity contribution is 5.78. The first-order chi connectivity index (χ1) is 30.2. The number of methoxy groups -OCH3 is 2. The van der Waals surface area contributed by atoms with E-state index in [-0.39, 0.29) is 37.7 Å². The fraction of sp³-hybridized carbons (Fsp3) is 0.812. The number of hydrogen-bond donors (Lipinski definition) is 3. The van der Waals surface area contributed by atoms with E-state index < -0.39 is 127 Å². The Balaban J connectivity index is 1.20. The van der Waals surface area contributed by atoms with Crippen LogP contribution < -0.4 is 0 Å². The molecule has 14 nitrogen and oxygen atoms in total. The first kappa shape index (κ1) is 49.7. The number of carbonyl (C=O) groups excluding carboxylic acids is 1. The van der Waals surface area contributed by atoms with Crippen LogP contribution in [-0.4, -0.2) is 145 Å². The van der Waals surface area contributed by atoms with Crippen LogP contribution in [0.1, 0.15) is 100 Å². The lowest BCUT2D eigenvalue weighted by molar-refractivity contribution is -0.376. The van der Waals surface area contributed by atoms with Crippen molar-refractivity contribution in [3.63, 3.8) is 0 Å². The minimum Gasteiger partial charge on any atom is -0.462 e. The van der Waals surface area contributed by atoms with Crippen LogP contribution in [0.5, 0.6) is 0 Å². The molecule has 64 heavy (non-hydrogen) atoms. The topological polar surface area (TPSA) is 170 Å². The number of esters is 1. The molecular formula is C48H72F2O14. The number of hydrogen-bond acceptors (Lipinski definition) is 14. The Morgan fingerprint density at radius 1 is 0.922 bits per heavy atom. The smallest absolute Gasteiger partial charge is 0.316 e. The molecule has 0 aromatic rings. The molecule has 0 aromatic heterocycles. The molecule has 5 fully saturated rings. The van der Waals surface area contributed by atoms with Gasteiger partial charge in [-0.2, -0.15) is 0 Å². The molecule has 3 N–H and O–H groups in total. The zero-order valence-electron chi connectivity index (χ0n) is 39.0. The Morgan fingerprint density at radius 3 is 2.31 bits per heavy atom. The van der Waals surface area contributed by atoms with Gasteiger partial charge < -0.3 is 62.7 Å². The number of carbonyl (C=O) groups is 1. The third-order valence-corrected chi connectivity index (χ3v) is 15.1. The first-order valence-electron chi connectivity index (χ1n) is 23.3. The Bertz CT molecular complexity index is 1770. The summed E-state index contributed by atoms with van der Waals surface area (Å²) in [4.78, 5) is 14.3. The summed E-state index contributed by atoms with van der Waals surface area (Å²) in [6, 6.07) is 0. The second-order valence-corrected chi connectivity index (χ2v) is 19.6. The molecular weight excluding hydrogens is 839 g/mol. The quantitative estimate of drug-likeness (QED) is 0.196. The molecule has 6 heterocycles. The molecule has 0 radical (unpaired) electrons. The van der Waals surface area contributed by atoms with Gasteiger partial charge in [0.1, 0.15) is 42.0 Å². The maximum Gasteiger partial charge on any atom is 0.316 e. The van der Waals surface area contributed by atoms with Crippen LogP contribution in [0.2, 0.25) is 0 Å². The Morgan fingerprint density at radius 2 is 1.61 bits per heavy atom. The minimum atomic E-state index is -3.13. The SMILES string of the molecule is CCC(C)[C@H]1O[C@@]2(C[C@@H]3C[C@@H](C/C=C(\C)[C@@H](O[C@H]4C[C@H](OC)[C@@H](O[C@H]5C[C@H](OC)[C@@H](O)[C@H](C)O5)[C@H](C)O4)[C@@H](C)/C=C/C=C4\CO[C@@H]5[C@H](O)C(C)=C[C@@H](C(=O)O3)[C@]45O)O2)CC(F)(F)[C@@H]1C. The summed E-state index contributed by atoms with van der Waals surface area (Å²) in [5.41, 5.74) is -0.301. The Hall–Kier alpha value is -2.19. The highest BCUT2D eigenvalue weighted by atomic mass is 19.3. The van der Waals surface area contributed by atoms with Gasteiger partial charge in [0.2, 0.25) is 0 Å². The predicted octanol–water partition coefficient (Wildman–Crippen LogP) is 5.85. The molecule has 0 amide bonds. The summed E-state index contributed by atoms with van der Waals surface area (Å²) in [6.07, 6.45) is -0.0738. The molecule has 1 spiro atoms. The van der Waals surface area contributed by atoms with Crippen LogP contribution in [0.3, 0.4) is 0 Å². The maximum absolute atomic E-state index is 16.1. The lowest BCUT2D eigenvalue weighted by Gasteiger charge is -2.53. The summed E-state index contributed by atoms with van der Waals surface area (Å²) in [7, 11) is 3.15. The zero-order chi connectivity index (χ0) is 46.5. The van der Waals surface area contributed by atoms with Gasteiger partial charge >= 0.3 is 5.97 Å². The standard InChI is InChI=1S/C48H72F2O14/c1-11-24(2)42-28(6)47(49,50)23-46(64-42)21-33-18-32(63-46)16-15-26(4)41(25(3)13-12-14-31-22-57-44-39(51)27(5)17-34(45(53)60-33)48(31,44)54)61-38-20-36(56-10)43(30(8)59-38)62-37-19-35(55-9)40(52)29(7)58-37/h12-15,17,24-25,28-30,32-44,51-52,54H,11,16,18-23H2,1-10H3/b13-12+,26-15+,31-14+/t24?,25-,28+,29-,30-,32+,33-,34-,35-,36-,37-,38-,39+,40-,41-,42+,43-,44+,46-,48+/m0/s1. The number of alkyl halides is 2. The molecule has 362 valence electrons. The summed E-state index contributed by atoms with van der Waals surface area (Å²) < 4.78 is 95.0. The van der Waals surface area contributed by atoms with Crippen molar-refractivity contribution >= 4 is 5.97 Å². The Kier molecular flexibility index (Phi) is 15.4. The van der Waals surface area contributed by atoms with Crippen molar-refractivity contribution in [2.24, 2.45) is 23.7 Å². The van der Waals surface area contributed by atoms with Gasteiger partial charge in [0, 0.05) is 51.7 Å². The highest BCUT2D eigenvalue weighted by Gasteiger charge is 2.62. The number of fused-ring (bicyclic) bond motifs is 2. The molecule has 5 saturated heterocycles.